The maximum atomic E-state index is 9.52. The topological polar surface area (TPSA) is 41.5 Å². The summed E-state index contributed by atoms with van der Waals surface area (Å²) in [5, 5.41) is 13.0. The van der Waals surface area contributed by atoms with Crippen molar-refractivity contribution in [3.63, 3.8) is 0 Å². The van der Waals surface area contributed by atoms with E-state index in [0.29, 0.717) is 6.04 Å². The summed E-state index contributed by atoms with van der Waals surface area (Å²) in [7, 11) is 0. The predicted molar refractivity (Wildman–Crippen MR) is 72.8 cm³/mol. The Morgan fingerprint density at radius 2 is 2.11 bits per heavy atom. The van der Waals surface area contributed by atoms with Crippen LogP contribution in [0.25, 0.3) is 0 Å². The molecule has 3 nitrogen and oxygen atoms in total. The van der Waals surface area contributed by atoms with Gasteiger partial charge in [0.1, 0.15) is 11.9 Å². The zero-order chi connectivity index (χ0) is 13.1. The van der Waals surface area contributed by atoms with Crippen molar-refractivity contribution in [2.75, 3.05) is 0 Å². The van der Waals surface area contributed by atoms with E-state index in [1.54, 1.807) is 6.92 Å². The van der Waals surface area contributed by atoms with E-state index in [2.05, 4.69) is 18.3 Å². The molecule has 0 saturated heterocycles. The number of rotatable bonds is 6. The number of aryl methyl sites for hydroxylation is 1. The zero-order valence-electron chi connectivity index (χ0n) is 11.4. The number of aliphatic hydroxyl groups excluding tert-OH is 1. The Morgan fingerprint density at radius 1 is 1.39 bits per heavy atom. The molecular formula is C15H23NO2. The standard InChI is InChI=1S/C15H23NO2/c1-10-4-7-15(18-12(3)11(2)17)13(8-10)9-16-14-5-6-14/h4,7-8,11-12,14,16-17H,5-6,9H2,1-3H3. The first kappa shape index (κ1) is 13.4. The van der Waals surface area contributed by atoms with Crippen molar-refractivity contribution in [3.05, 3.63) is 29.3 Å². The first-order valence-corrected chi connectivity index (χ1v) is 6.74. The summed E-state index contributed by atoms with van der Waals surface area (Å²) >= 11 is 0. The molecule has 0 amide bonds. The fourth-order valence-electron chi connectivity index (χ4n) is 1.80. The van der Waals surface area contributed by atoms with Crippen LogP contribution in [-0.4, -0.2) is 23.4 Å². The number of hydrogen-bond acceptors (Lipinski definition) is 3. The minimum absolute atomic E-state index is 0.188. The van der Waals surface area contributed by atoms with Crippen LogP contribution in [0.15, 0.2) is 18.2 Å². The molecule has 2 unspecified atom stereocenters. The summed E-state index contributed by atoms with van der Waals surface area (Å²) in [5.74, 6) is 0.877. The second-order valence-electron chi connectivity index (χ2n) is 5.33. The van der Waals surface area contributed by atoms with E-state index in [9.17, 15) is 5.11 Å². The number of ether oxygens (including phenoxy) is 1. The summed E-state index contributed by atoms with van der Waals surface area (Å²) < 4.78 is 5.82. The van der Waals surface area contributed by atoms with E-state index in [0.717, 1.165) is 12.3 Å². The van der Waals surface area contributed by atoms with Crippen molar-refractivity contribution in [3.8, 4) is 5.75 Å². The van der Waals surface area contributed by atoms with Gasteiger partial charge in [0.25, 0.3) is 0 Å². The number of aliphatic hydroxyl groups is 1. The monoisotopic (exact) mass is 249 g/mol. The summed E-state index contributed by atoms with van der Waals surface area (Å²) in [6.45, 7) is 6.57. The van der Waals surface area contributed by atoms with Crippen LogP contribution < -0.4 is 10.1 Å². The molecule has 1 aliphatic carbocycles. The Labute approximate surface area is 109 Å². The van der Waals surface area contributed by atoms with E-state index in [1.807, 2.05) is 19.1 Å². The van der Waals surface area contributed by atoms with Gasteiger partial charge in [0.2, 0.25) is 0 Å². The fourth-order valence-corrected chi connectivity index (χ4v) is 1.80. The third-order valence-corrected chi connectivity index (χ3v) is 3.37. The van der Waals surface area contributed by atoms with Gasteiger partial charge in [0.05, 0.1) is 6.10 Å². The molecule has 0 aliphatic heterocycles. The molecule has 2 atom stereocenters. The SMILES string of the molecule is Cc1ccc(OC(C)C(C)O)c(CNC2CC2)c1. The minimum atomic E-state index is -0.462. The number of hydrogen-bond donors (Lipinski definition) is 2. The molecule has 18 heavy (non-hydrogen) atoms. The molecule has 1 saturated carbocycles. The molecule has 0 spiro atoms. The van der Waals surface area contributed by atoms with Crippen LogP contribution >= 0.6 is 0 Å². The Morgan fingerprint density at radius 3 is 2.72 bits per heavy atom. The van der Waals surface area contributed by atoms with Gasteiger partial charge in [-0.3, -0.25) is 0 Å². The van der Waals surface area contributed by atoms with Crippen LogP contribution in [-0.2, 0) is 6.54 Å². The van der Waals surface area contributed by atoms with E-state index in [4.69, 9.17) is 4.74 Å². The van der Waals surface area contributed by atoms with E-state index < -0.39 is 6.10 Å². The van der Waals surface area contributed by atoms with E-state index >= 15 is 0 Å². The molecule has 3 heteroatoms. The lowest BCUT2D eigenvalue weighted by Gasteiger charge is -2.20. The minimum Gasteiger partial charge on any atom is -0.488 e. The van der Waals surface area contributed by atoms with Gasteiger partial charge < -0.3 is 15.2 Å². The second-order valence-corrected chi connectivity index (χ2v) is 5.33. The van der Waals surface area contributed by atoms with Crippen molar-refractivity contribution in [2.24, 2.45) is 0 Å². The highest BCUT2D eigenvalue weighted by Gasteiger charge is 2.21. The maximum absolute atomic E-state index is 9.52. The molecule has 100 valence electrons. The first-order chi connectivity index (χ1) is 8.56. The van der Waals surface area contributed by atoms with Crippen molar-refractivity contribution in [1.29, 1.82) is 0 Å². The van der Waals surface area contributed by atoms with Gasteiger partial charge in [-0.25, -0.2) is 0 Å². The highest BCUT2D eigenvalue weighted by Crippen LogP contribution is 2.24. The number of nitrogens with one attached hydrogen (secondary N) is 1. The van der Waals surface area contributed by atoms with Crippen LogP contribution in [0.2, 0.25) is 0 Å². The lowest BCUT2D eigenvalue weighted by molar-refractivity contribution is 0.0597. The van der Waals surface area contributed by atoms with Crippen molar-refractivity contribution in [2.45, 2.75) is 58.4 Å². The molecule has 0 bridgehead atoms. The quantitative estimate of drug-likeness (QED) is 0.813. The highest BCUT2D eigenvalue weighted by atomic mass is 16.5. The lowest BCUT2D eigenvalue weighted by Crippen LogP contribution is -2.26. The van der Waals surface area contributed by atoms with Gasteiger partial charge in [0.15, 0.2) is 0 Å². The van der Waals surface area contributed by atoms with Gasteiger partial charge in [-0.05, 0) is 39.7 Å². The first-order valence-electron chi connectivity index (χ1n) is 6.74. The third-order valence-electron chi connectivity index (χ3n) is 3.37. The third kappa shape index (κ3) is 3.72. The van der Waals surface area contributed by atoms with Gasteiger partial charge in [-0.2, -0.15) is 0 Å². The molecule has 1 fully saturated rings. The van der Waals surface area contributed by atoms with Gasteiger partial charge in [0, 0.05) is 18.2 Å². The van der Waals surface area contributed by atoms with Crippen molar-refractivity contribution in [1.82, 2.24) is 5.32 Å². The molecule has 0 heterocycles. The Kier molecular flexibility index (Phi) is 4.25. The Balaban J connectivity index is 2.06. The summed E-state index contributed by atoms with van der Waals surface area (Å²) in [6, 6.07) is 6.88. The smallest absolute Gasteiger partial charge is 0.124 e. The van der Waals surface area contributed by atoms with Crippen LogP contribution in [0.3, 0.4) is 0 Å². The molecule has 1 aromatic carbocycles. The molecule has 0 aromatic heterocycles. The molecular weight excluding hydrogens is 226 g/mol. The fraction of sp³-hybridized carbons (Fsp3) is 0.600. The molecule has 1 aliphatic rings. The normalized spacial score (nSPS) is 18.4. The average molecular weight is 249 g/mol. The van der Waals surface area contributed by atoms with Crippen molar-refractivity contribution >= 4 is 0 Å². The Bertz CT molecular complexity index is 399. The van der Waals surface area contributed by atoms with Crippen LogP contribution in [0, 0.1) is 6.92 Å². The molecule has 2 N–H and O–H groups in total. The molecule has 1 aromatic rings. The van der Waals surface area contributed by atoms with Gasteiger partial charge >= 0.3 is 0 Å². The van der Waals surface area contributed by atoms with Crippen LogP contribution in [0.5, 0.6) is 5.75 Å². The molecule has 0 radical (unpaired) electrons. The lowest BCUT2D eigenvalue weighted by atomic mass is 10.1. The van der Waals surface area contributed by atoms with E-state index in [1.165, 1.54) is 24.0 Å². The van der Waals surface area contributed by atoms with Gasteiger partial charge in [-0.15, -0.1) is 0 Å². The molecule has 2 rings (SSSR count). The summed E-state index contributed by atoms with van der Waals surface area (Å²) in [4.78, 5) is 0. The van der Waals surface area contributed by atoms with Crippen molar-refractivity contribution < 1.29 is 9.84 Å². The Hall–Kier alpha value is -1.06. The number of benzene rings is 1. The zero-order valence-corrected chi connectivity index (χ0v) is 11.4. The average Bonchev–Trinajstić information content (AvgIpc) is 3.13. The van der Waals surface area contributed by atoms with Crippen LogP contribution in [0.1, 0.15) is 37.8 Å². The van der Waals surface area contributed by atoms with Gasteiger partial charge in [-0.1, -0.05) is 17.7 Å². The maximum Gasteiger partial charge on any atom is 0.124 e. The largest absolute Gasteiger partial charge is 0.488 e. The van der Waals surface area contributed by atoms with Crippen LogP contribution in [0.4, 0.5) is 0 Å². The summed E-state index contributed by atoms with van der Waals surface area (Å²) in [5.41, 5.74) is 2.41. The summed E-state index contributed by atoms with van der Waals surface area (Å²) in [6.07, 6.45) is 1.92. The highest BCUT2D eigenvalue weighted by molar-refractivity contribution is 5.37. The predicted octanol–water partition coefficient (Wildman–Crippen LogP) is 2.40. The van der Waals surface area contributed by atoms with E-state index in [-0.39, 0.29) is 6.10 Å². The second kappa shape index (κ2) is 5.72.